The zero-order chi connectivity index (χ0) is 11.2. The molecule has 0 saturated carbocycles. The molecular weight excluding hydrogens is 188 g/mol. The molecule has 0 rings (SSSR count). The number of hydrogen-bond acceptors (Lipinski definition) is 5. The van der Waals surface area contributed by atoms with Crippen molar-refractivity contribution < 1.29 is 25.2 Å². The summed E-state index contributed by atoms with van der Waals surface area (Å²) in [4.78, 5) is 0. The Balaban J connectivity index is 0. The van der Waals surface area contributed by atoms with Gasteiger partial charge in [0.05, 0.1) is 26.4 Å². The average Bonchev–Trinajstić information content (AvgIpc) is 2.16. The van der Waals surface area contributed by atoms with Crippen LogP contribution in [-0.2, 0) is 4.74 Å². The molecule has 0 spiro atoms. The highest BCUT2D eigenvalue weighted by Crippen LogP contribution is 1.95. The Labute approximate surface area is 85.0 Å². The maximum Gasteiger partial charge on any atom is 0.151 e. The molecule has 88 valence electrons. The maximum atomic E-state index is 8.24. The van der Waals surface area contributed by atoms with Gasteiger partial charge >= 0.3 is 0 Å². The van der Waals surface area contributed by atoms with Crippen LogP contribution in [0.2, 0.25) is 0 Å². The predicted molar refractivity (Wildman–Crippen MR) is 52.7 cm³/mol. The summed E-state index contributed by atoms with van der Waals surface area (Å²) in [6.45, 7) is 2.71. The normalized spacial score (nSPS) is 9.86. The third-order valence-corrected chi connectivity index (χ3v) is 1.29. The molecule has 0 fully saturated rings. The van der Waals surface area contributed by atoms with Crippen LogP contribution in [0.25, 0.3) is 0 Å². The second-order valence-electron chi connectivity index (χ2n) is 2.68. The van der Waals surface area contributed by atoms with E-state index in [0.717, 1.165) is 12.8 Å². The van der Waals surface area contributed by atoms with E-state index >= 15 is 0 Å². The molecule has 0 radical (unpaired) electrons. The van der Waals surface area contributed by atoms with Gasteiger partial charge in [0.1, 0.15) is 0 Å². The largest absolute Gasteiger partial charge is 0.394 e. The number of aliphatic hydroxyl groups is 4. The van der Waals surface area contributed by atoms with Crippen molar-refractivity contribution in [2.75, 3.05) is 26.4 Å². The smallest absolute Gasteiger partial charge is 0.151 e. The number of unbranched alkanes of at least 4 members (excludes halogenated alkanes) is 1. The summed E-state index contributed by atoms with van der Waals surface area (Å²) in [5.41, 5.74) is 0. The second-order valence-corrected chi connectivity index (χ2v) is 2.68. The second kappa shape index (κ2) is 15.3. The lowest BCUT2D eigenvalue weighted by Gasteiger charge is -1.97. The molecule has 5 heteroatoms. The minimum Gasteiger partial charge on any atom is -0.394 e. The molecule has 0 aliphatic heterocycles. The number of rotatable bonds is 7. The van der Waals surface area contributed by atoms with Gasteiger partial charge in [-0.05, 0) is 12.8 Å². The van der Waals surface area contributed by atoms with Crippen LogP contribution in [0.1, 0.15) is 26.2 Å². The Bertz CT molecular complexity index is 83.3. The summed E-state index contributed by atoms with van der Waals surface area (Å²) in [7, 11) is 0. The van der Waals surface area contributed by atoms with E-state index in [4.69, 9.17) is 20.4 Å². The van der Waals surface area contributed by atoms with E-state index in [0.29, 0.717) is 19.6 Å². The van der Waals surface area contributed by atoms with E-state index in [2.05, 4.69) is 4.74 Å². The van der Waals surface area contributed by atoms with E-state index in [1.807, 2.05) is 6.92 Å². The topological polar surface area (TPSA) is 90.2 Å². The Morgan fingerprint density at radius 2 is 1.57 bits per heavy atom. The summed E-state index contributed by atoms with van der Waals surface area (Å²) in [6, 6.07) is 0. The molecule has 0 aromatic heterocycles. The minimum atomic E-state index is -1.10. The molecule has 0 aliphatic carbocycles. The van der Waals surface area contributed by atoms with Gasteiger partial charge in [-0.2, -0.15) is 0 Å². The van der Waals surface area contributed by atoms with Crippen molar-refractivity contribution >= 4 is 0 Å². The van der Waals surface area contributed by atoms with E-state index in [1.54, 1.807) is 0 Å². The van der Waals surface area contributed by atoms with Gasteiger partial charge in [0.25, 0.3) is 0 Å². The number of ether oxygens (including phenoxy) is 1. The lowest BCUT2D eigenvalue weighted by molar-refractivity contribution is -0.0463. The molecule has 0 aromatic rings. The van der Waals surface area contributed by atoms with Crippen LogP contribution in [0.4, 0.5) is 0 Å². The average molecular weight is 210 g/mol. The van der Waals surface area contributed by atoms with Crippen molar-refractivity contribution in [3.63, 3.8) is 0 Å². The monoisotopic (exact) mass is 210 g/mol. The fraction of sp³-hybridized carbons (Fsp3) is 1.00. The Morgan fingerprint density at radius 3 is 1.79 bits per heavy atom. The van der Waals surface area contributed by atoms with Crippen LogP contribution in [0.5, 0.6) is 0 Å². The van der Waals surface area contributed by atoms with Crippen LogP contribution in [0.3, 0.4) is 0 Å². The first-order chi connectivity index (χ1) is 6.68. The highest BCUT2D eigenvalue weighted by atomic mass is 16.5. The molecule has 0 heterocycles. The van der Waals surface area contributed by atoms with Gasteiger partial charge in [0, 0.05) is 0 Å². The molecule has 14 heavy (non-hydrogen) atoms. The molecule has 5 nitrogen and oxygen atoms in total. The molecule has 0 saturated heterocycles. The number of hydrogen-bond donors (Lipinski definition) is 4. The zero-order valence-corrected chi connectivity index (χ0v) is 8.72. The summed E-state index contributed by atoms with van der Waals surface area (Å²) in [5.74, 6) is 0. The molecule has 0 aromatic carbocycles. The molecule has 0 atom stereocenters. The molecule has 4 N–H and O–H groups in total. The Morgan fingerprint density at radius 1 is 1.07 bits per heavy atom. The fourth-order valence-corrected chi connectivity index (χ4v) is 0.618. The maximum absolute atomic E-state index is 8.24. The zero-order valence-electron chi connectivity index (χ0n) is 8.72. The van der Waals surface area contributed by atoms with Gasteiger partial charge in [-0.3, -0.25) is 0 Å². The van der Waals surface area contributed by atoms with Crippen LogP contribution in [-0.4, -0.2) is 53.1 Å². The van der Waals surface area contributed by atoms with Gasteiger partial charge in [0.2, 0.25) is 0 Å². The number of aliphatic hydroxyl groups excluding tert-OH is 3. The first-order valence-corrected chi connectivity index (χ1v) is 4.84. The van der Waals surface area contributed by atoms with Crippen LogP contribution >= 0.6 is 0 Å². The first kappa shape index (κ1) is 16.2. The van der Waals surface area contributed by atoms with Crippen LogP contribution in [0, 0.1) is 0 Å². The standard InChI is InChI=1S/C5H12O2.C4H10O3/c1-2-3-4-5(6)7;5-1-3-7-4-2-6/h5-7H,2-4H2,1H3;5-6H,1-4H2. The SMILES string of the molecule is CCCCC(O)O.OCCOCCO. The summed E-state index contributed by atoms with van der Waals surface area (Å²) >= 11 is 0. The van der Waals surface area contributed by atoms with Crippen molar-refractivity contribution in [2.45, 2.75) is 32.5 Å². The highest BCUT2D eigenvalue weighted by Gasteiger charge is 1.92. The molecule has 0 aliphatic rings. The molecular formula is C9H22O5. The first-order valence-electron chi connectivity index (χ1n) is 4.84. The van der Waals surface area contributed by atoms with Gasteiger partial charge in [0.15, 0.2) is 6.29 Å². The third kappa shape index (κ3) is 22.6. The summed E-state index contributed by atoms with van der Waals surface area (Å²) in [6.07, 6.45) is 1.34. The van der Waals surface area contributed by atoms with Crippen molar-refractivity contribution in [3.8, 4) is 0 Å². The Hall–Kier alpha value is -0.200. The van der Waals surface area contributed by atoms with Crippen molar-refractivity contribution in [2.24, 2.45) is 0 Å². The molecule has 0 unspecified atom stereocenters. The summed E-state index contributed by atoms with van der Waals surface area (Å²) < 4.78 is 4.63. The van der Waals surface area contributed by atoms with Crippen molar-refractivity contribution in [1.29, 1.82) is 0 Å². The minimum absolute atomic E-state index is 0.0278. The predicted octanol–water partition coefficient (Wildman–Crippen LogP) is -0.525. The van der Waals surface area contributed by atoms with Gasteiger partial charge in [-0.15, -0.1) is 0 Å². The quantitative estimate of drug-likeness (QED) is 0.335. The molecule has 0 bridgehead atoms. The van der Waals surface area contributed by atoms with E-state index < -0.39 is 6.29 Å². The van der Waals surface area contributed by atoms with Crippen LogP contribution in [0.15, 0.2) is 0 Å². The van der Waals surface area contributed by atoms with E-state index in [9.17, 15) is 0 Å². The van der Waals surface area contributed by atoms with Crippen molar-refractivity contribution in [1.82, 2.24) is 0 Å². The Kier molecular flexibility index (Phi) is 17.7. The molecule has 0 amide bonds. The highest BCUT2D eigenvalue weighted by molar-refractivity contribution is 4.36. The third-order valence-electron chi connectivity index (χ3n) is 1.29. The summed E-state index contributed by atoms with van der Waals surface area (Å²) in [5, 5.41) is 32.7. The van der Waals surface area contributed by atoms with E-state index in [1.165, 1.54) is 0 Å². The van der Waals surface area contributed by atoms with Crippen LogP contribution < -0.4 is 0 Å². The van der Waals surface area contributed by atoms with E-state index in [-0.39, 0.29) is 13.2 Å². The van der Waals surface area contributed by atoms with Gasteiger partial charge in [-0.25, -0.2) is 0 Å². The lowest BCUT2D eigenvalue weighted by atomic mass is 10.2. The fourth-order valence-electron chi connectivity index (χ4n) is 0.618. The lowest BCUT2D eigenvalue weighted by Crippen LogP contribution is -2.03. The van der Waals surface area contributed by atoms with Gasteiger partial charge in [-0.1, -0.05) is 13.3 Å². The van der Waals surface area contributed by atoms with Gasteiger partial charge < -0.3 is 25.2 Å². The van der Waals surface area contributed by atoms with Crippen molar-refractivity contribution in [3.05, 3.63) is 0 Å².